The van der Waals surface area contributed by atoms with Crippen molar-refractivity contribution >= 4 is 17.1 Å². The number of amides is 1. The van der Waals surface area contributed by atoms with E-state index in [0.29, 0.717) is 18.7 Å². The number of piperidine rings is 1. The van der Waals surface area contributed by atoms with Gasteiger partial charge in [0.25, 0.3) is 0 Å². The van der Waals surface area contributed by atoms with Crippen LogP contribution in [0.15, 0.2) is 36.4 Å². The van der Waals surface area contributed by atoms with Gasteiger partial charge in [-0.15, -0.1) is 0 Å². The summed E-state index contributed by atoms with van der Waals surface area (Å²) in [4.78, 5) is 24.2. The Hall–Kier alpha value is -3.15. The summed E-state index contributed by atoms with van der Waals surface area (Å²) in [5.41, 5.74) is 5.29. The third-order valence-corrected chi connectivity index (χ3v) is 5.99. The minimum absolute atomic E-state index is 0.164. The van der Waals surface area contributed by atoms with Crippen molar-refractivity contribution in [1.29, 1.82) is 0 Å². The van der Waals surface area contributed by atoms with E-state index in [2.05, 4.69) is 38.1 Å². The van der Waals surface area contributed by atoms with E-state index < -0.39 is 5.60 Å². The minimum Gasteiger partial charge on any atom is -0.496 e. The molecule has 33 heavy (non-hydrogen) atoms. The Kier molecular flexibility index (Phi) is 6.28. The summed E-state index contributed by atoms with van der Waals surface area (Å²) in [7, 11) is 1.69. The van der Waals surface area contributed by atoms with Crippen LogP contribution >= 0.6 is 0 Å². The average molecular weight is 448 g/mol. The zero-order valence-electron chi connectivity index (χ0n) is 20.4. The van der Waals surface area contributed by atoms with Gasteiger partial charge < -0.3 is 14.4 Å². The van der Waals surface area contributed by atoms with Crippen LogP contribution in [0.1, 0.15) is 56.4 Å². The van der Waals surface area contributed by atoms with Crippen molar-refractivity contribution in [3.63, 3.8) is 0 Å². The first kappa shape index (κ1) is 23.0. The molecule has 0 spiro atoms. The van der Waals surface area contributed by atoms with Crippen molar-refractivity contribution in [2.45, 2.75) is 59.0 Å². The van der Waals surface area contributed by atoms with Gasteiger partial charge in [-0.2, -0.15) is 0 Å². The SMILES string of the molecule is COc1cc(C)cc(C)c1-c1ccc2ccc(C3CCCN(C(=O)OC(C)(C)C)C3)nc2n1. The molecule has 174 valence electrons. The number of hydrogen-bond donors (Lipinski definition) is 0. The molecule has 4 rings (SSSR count). The molecule has 0 radical (unpaired) electrons. The lowest BCUT2D eigenvalue weighted by Crippen LogP contribution is -2.42. The fraction of sp³-hybridized carbons (Fsp3) is 0.444. The topological polar surface area (TPSA) is 64.5 Å². The Labute approximate surface area is 195 Å². The number of carbonyl (C=O) groups excluding carboxylic acids is 1. The minimum atomic E-state index is -0.499. The number of rotatable bonds is 3. The predicted molar refractivity (Wildman–Crippen MR) is 131 cm³/mol. The number of ether oxygens (including phenoxy) is 2. The highest BCUT2D eigenvalue weighted by Crippen LogP contribution is 2.34. The summed E-state index contributed by atoms with van der Waals surface area (Å²) >= 11 is 0. The van der Waals surface area contributed by atoms with Crippen molar-refractivity contribution in [2.24, 2.45) is 0 Å². The van der Waals surface area contributed by atoms with Crippen molar-refractivity contribution in [2.75, 3.05) is 20.2 Å². The van der Waals surface area contributed by atoms with Crippen LogP contribution in [0, 0.1) is 13.8 Å². The summed E-state index contributed by atoms with van der Waals surface area (Å²) in [6.45, 7) is 11.1. The summed E-state index contributed by atoms with van der Waals surface area (Å²) < 4.78 is 11.2. The van der Waals surface area contributed by atoms with Gasteiger partial charge in [-0.05, 0) is 88.9 Å². The molecule has 0 bridgehead atoms. The molecule has 3 heterocycles. The Balaban J connectivity index is 1.64. The van der Waals surface area contributed by atoms with Crippen LogP contribution in [-0.2, 0) is 4.74 Å². The van der Waals surface area contributed by atoms with Gasteiger partial charge in [-0.1, -0.05) is 6.07 Å². The lowest BCUT2D eigenvalue weighted by molar-refractivity contribution is 0.0197. The van der Waals surface area contributed by atoms with Gasteiger partial charge in [0.15, 0.2) is 5.65 Å². The van der Waals surface area contributed by atoms with Gasteiger partial charge in [0, 0.05) is 35.7 Å². The van der Waals surface area contributed by atoms with E-state index >= 15 is 0 Å². The van der Waals surface area contributed by atoms with Gasteiger partial charge in [-0.25, -0.2) is 14.8 Å². The molecule has 0 saturated carbocycles. The van der Waals surface area contributed by atoms with Gasteiger partial charge in [0.2, 0.25) is 0 Å². The second-order valence-electron chi connectivity index (χ2n) is 9.90. The molecule has 0 aliphatic carbocycles. The molecule has 1 aliphatic heterocycles. The van der Waals surface area contributed by atoms with Crippen molar-refractivity contribution < 1.29 is 14.3 Å². The molecule has 1 amide bonds. The zero-order valence-corrected chi connectivity index (χ0v) is 20.4. The predicted octanol–water partition coefficient (Wildman–Crippen LogP) is 6.04. The first-order valence-electron chi connectivity index (χ1n) is 11.6. The number of pyridine rings is 2. The van der Waals surface area contributed by atoms with E-state index in [1.165, 1.54) is 0 Å². The van der Waals surface area contributed by atoms with Gasteiger partial charge >= 0.3 is 6.09 Å². The summed E-state index contributed by atoms with van der Waals surface area (Å²) in [5, 5.41) is 0.992. The zero-order chi connectivity index (χ0) is 23.8. The summed E-state index contributed by atoms with van der Waals surface area (Å²) in [6.07, 6.45) is 1.66. The fourth-order valence-electron chi connectivity index (χ4n) is 4.51. The van der Waals surface area contributed by atoms with Crippen LogP contribution < -0.4 is 4.74 Å². The number of methoxy groups -OCH3 is 1. The molecule has 1 aromatic carbocycles. The molecule has 2 aromatic heterocycles. The van der Waals surface area contributed by atoms with E-state index in [-0.39, 0.29) is 12.0 Å². The number of aromatic nitrogens is 2. The number of aryl methyl sites for hydroxylation is 2. The van der Waals surface area contributed by atoms with Crippen LogP contribution in [0.4, 0.5) is 4.79 Å². The van der Waals surface area contributed by atoms with Crippen LogP contribution in [0.2, 0.25) is 0 Å². The number of carbonyl (C=O) groups is 1. The molecule has 1 aliphatic rings. The second kappa shape index (κ2) is 9.00. The molecule has 1 unspecified atom stereocenters. The average Bonchev–Trinajstić information content (AvgIpc) is 2.76. The lowest BCUT2D eigenvalue weighted by atomic mass is 9.94. The Morgan fingerprint density at radius 2 is 1.85 bits per heavy atom. The van der Waals surface area contributed by atoms with Crippen LogP contribution in [0.25, 0.3) is 22.3 Å². The smallest absolute Gasteiger partial charge is 0.410 e. The van der Waals surface area contributed by atoms with E-state index in [1.807, 2.05) is 32.9 Å². The maximum absolute atomic E-state index is 12.6. The highest BCUT2D eigenvalue weighted by atomic mass is 16.6. The normalized spacial score (nSPS) is 16.7. The second-order valence-corrected chi connectivity index (χ2v) is 9.90. The molecule has 0 N–H and O–H groups in total. The molecule has 6 heteroatoms. The monoisotopic (exact) mass is 447 g/mol. The Bertz CT molecular complexity index is 1180. The maximum Gasteiger partial charge on any atom is 0.410 e. The molecule has 6 nitrogen and oxygen atoms in total. The molecular weight excluding hydrogens is 414 g/mol. The lowest BCUT2D eigenvalue weighted by Gasteiger charge is -2.34. The fourth-order valence-corrected chi connectivity index (χ4v) is 4.51. The van der Waals surface area contributed by atoms with E-state index in [4.69, 9.17) is 19.4 Å². The molecule has 3 aromatic rings. The molecule has 1 saturated heterocycles. The first-order valence-corrected chi connectivity index (χ1v) is 11.6. The third-order valence-electron chi connectivity index (χ3n) is 5.99. The maximum atomic E-state index is 12.6. The quantitative estimate of drug-likeness (QED) is 0.490. The standard InChI is InChI=1S/C27H33N3O3/c1-17-14-18(2)24(23(15-17)32-6)22-12-10-19-9-11-21(28-25(19)29-22)20-8-7-13-30(16-20)26(31)33-27(3,4)5/h9-12,14-15,20H,7-8,13,16H2,1-6H3. The van der Waals surface area contributed by atoms with Crippen LogP contribution in [0.5, 0.6) is 5.75 Å². The van der Waals surface area contributed by atoms with E-state index in [0.717, 1.165) is 52.1 Å². The Morgan fingerprint density at radius 3 is 2.58 bits per heavy atom. The van der Waals surface area contributed by atoms with Crippen LogP contribution in [0.3, 0.4) is 0 Å². The molecule has 1 fully saturated rings. The van der Waals surface area contributed by atoms with Gasteiger partial charge in [0.1, 0.15) is 11.4 Å². The van der Waals surface area contributed by atoms with Crippen molar-refractivity contribution in [3.8, 4) is 17.0 Å². The van der Waals surface area contributed by atoms with Crippen molar-refractivity contribution in [3.05, 3.63) is 53.2 Å². The van der Waals surface area contributed by atoms with Gasteiger partial charge in [-0.3, -0.25) is 0 Å². The first-order chi connectivity index (χ1) is 15.6. The third kappa shape index (κ3) is 5.10. The van der Waals surface area contributed by atoms with Crippen molar-refractivity contribution in [1.82, 2.24) is 14.9 Å². The van der Waals surface area contributed by atoms with Crippen LogP contribution in [-0.4, -0.2) is 46.8 Å². The summed E-state index contributed by atoms with van der Waals surface area (Å²) in [5.74, 6) is 0.979. The largest absolute Gasteiger partial charge is 0.496 e. The highest BCUT2D eigenvalue weighted by molar-refractivity contribution is 5.81. The Morgan fingerprint density at radius 1 is 1.09 bits per heavy atom. The summed E-state index contributed by atoms with van der Waals surface area (Å²) in [6, 6.07) is 12.4. The van der Waals surface area contributed by atoms with Gasteiger partial charge in [0.05, 0.1) is 12.8 Å². The van der Waals surface area contributed by atoms with E-state index in [1.54, 1.807) is 12.0 Å². The number of likely N-dealkylation sites (tertiary alicyclic amines) is 1. The number of nitrogens with zero attached hydrogens (tertiary/aromatic N) is 3. The molecule has 1 atom stereocenters. The number of benzene rings is 1. The number of hydrogen-bond acceptors (Lipinski definition) is 5. The highest BCUT2D eigenvalue weighted by Gasteiger charge is 2.29. The van der Waals surface area contributed by atoms with E-state index in [9.17, 15) is 4.79 Å². The number of fused-ring (bicyclic) bond motifs is 1. The molecular formula is C27H33N3O3.